The molecule has 0 radical (unpaired) electrons. The Hall–Kier alpha value is -3.09. The number of nitrogens with zero attached hydrogens (tertiary/aromatic N) is 1. The highest BCUT2D eigenvalue weighted by molar-refractivity contribution is 6.10. The van der Waals surface area contributed by atoms with Gasteiger partial charge in [0.15, 0.2) is 0 Å². The van der Waals surface area contributed by atoms with Crippen molar-refractivity contribution >= 4 is 23.1 Å². The number of benzene rings is 2. The number of halogens is 3. The van der Waals surface area contributed by atoms with Crippen LogP contribution in [-0.4, -0.2) is 31.2 Å². The molecule has 0 saturated heterocycles. The van der Waals surface area contributed by atoms with Crippen LogP contribution in [0.2, 0.25) is 0 Å². The van der Waals surface area contributed by atoms with Crippen molar-refractivity contribution < 1.29 is 27.5 Å². The molecular weight excluding hydrogens is 359 g/mol. The van der Waals surface area contributed by atoms with Crippen LogP contribution >= 0.6 is 0 Å². The molecule has 1 unspecified atom stereocenters. The average Bonchev–Trinajstić information content (AvgIpc) is 3.04. The fraction of sp³-hybridized carbons (Fsp3) is 0.200. The largest absolute Gasteiger partial charge is 0.467 e. The molecule has 2 aromatic carbocycles. The summed E-state index contributed by atoms with van der Waals surface area (Å²) in [6.45, 7) is 0. The number of fused-ring (bicyclic) bond motifs is 1. The van der Waals surface area contributed by atoms with Crippen LogP contribution in [0.25, 0.3) is 5.57 Å². The molecule has 3 rings (SSSR count). The summed E-state index contributed by atoms with van der Waals surface area (Å²) in [5.41, 5.74) is -0.0896. The molecule has 1 aliphatic rings. The molecule has 1 amide bonds. The molecule has 0 aliphatic carbocycles. The first-order valence-electron chi connectivity index (χ1n) is 8.16. The Morgan fingerprint density at radius 2 is 1.70 bits per heavy atom. The lowest BCUT2D eigenvalue weighted by atomic mass is 10.0. The number of rotatable bonds is 3. The molecule has 4 nitrogen and oxygen atoms in total. The zero-order chi connectivity index (χ0) is 19.6. The van der Waals surface area contributed by atoms with Crippen molar-refractivity contribution in [1.82, 2.24) is 0 Å². The Balaban J connectivity index is 2.06. The summed E-state index contributed by atoms with van der Waals surface area (Å²) in [6, 6.07) is 12.8. The zero-order valence-corrected chi connectivity index (χ0v) is 14.4. The van der Waals surface area contributed by atoms with Gasteiger partial charge in [-0.3, -0.25) is 9.69 Å². The van der Waals surface area contributed by atoms with Gasteiger partial charge in [-0.25, -0.2) is 4.79 Å². The van der Waals surface area contributed by atoms with E-state index in [0.717, 1.165) is 4.90 Å². The smallest absolute Gasteiger partial charge is 0.417 e. The summed E-state index contributed by atoms with van der Waals surface area (Å²) in [4.78, 5) is 26.0. The van der Waals surface area contributed by atoms with Gasteiger partial charge in [0, 0.05) is 18.2 Å². The maximum atomic E-state index is 13.5. The average molecular weight is 375 g/mol. The Bertz CT molecular complexity index is 891. The molecule has 27 heavy (non-hydrogen) atoms. The van der Waals surface area contributed by atoms with E-state index in [1.54, 1.807) is 30.3 Å². The van der Waals surface area contributed by atoms with E-state index < -0.39 is 29.7 Å². The number of para-hydroxylation sites is 1. The minimum atomic E-state index is -4.73. The van der Waals surface area contributed by atoms with Gasteiger partial charge in [-0.15, -0.1) is 0 Å². The maximum Gasteiger partial charge on any atom is 0.417 e. The Morgan fingerprint density at radius 1 is 1.07 bits per heavy atom. The molecule has 0 N–H and O–H groups in total. The number of alkyl halides is 3. The predicted molar refractivity (Wildman–Crippen MR) is 93.9 cm³/mol. The second-order valence-electron chi connectivity index (χ2n) is 6.00. The molecule has 1 heterocycles. The van der Waals surface area contributed by atoms with E-state index >= 15 is 0 Å². The normalized spacial score (nSPS) is 16.8. The molecule has 0 bridgehead atoms. The van der Waals surface area contributed by atoms with Crippen molar-refractivity contribution in [1.29, 1.82) is 0 Å². The number of ether oxygens (including phenoxy) is 1. The number of hydrogen-bond acceptors (Lipinski definition) is 3. The van der Waals surface area contributed by atoms with Crippen molar-refractivity contribution in [2.45, 2.75) is 18.6 Å². The predicted octanol–water partition coefficient (Wildman–Crippen LogP) is 3.76. The van der Waals surface area contributed by atoms with Crippen LogP contribution in [0.15, 0.2) is 60.7 Å². The Labute approximate surface area is 153 Å². The highest BCUT2D eigenvalue weighted by Gasteiger charge is 2.41. The van der Waals surface area contributed by atoms with E-state index in [2.05, 4.69) is 0 Å². The van der Waals surface area contributed by atoms with Gasteiger partial charge in [0.25, 0.3) is 5.91 Å². The molecular formula is C20H16F3NO3. The lowest BCUT2D eigenvalue weighted by Gasteiger charge is -2.23. The number of carbonyl (C=O) groups is 2. The quantitative estimate of drug-likeness (QED) is 0.606. The molecule has 0 fully saturated rings. The maximum absolute atomic E-state index is 13.5. The molecule has 1 atom stereocenters. The molecule has 7 heteroatoms. The van der Waals surface area contributed by atoms with Crippen LogP contribution in [0.5, 0.6) is 0 Å². The van der Waals surface area contributed by atoms with Crippen molar-refractivity contribution in [3.05, 3.63) is 71.8 Å². The van der Waals surface area contributed by atoms with Crippen LogP contribution in [0.3, 0.4) is 0 Å². The molecule has 1 aliphatic heterocycles. The number of hydrogen-bond donors (Lipinski definition) is 0. The number of carbonyl (C=O) groups excluding carboxylic acids is 2. The summed E-state index contributed by atoms with van der Waals surface area (Å²) in [7, 11) is 1.18. The molecule has 140 valence electrons. The third kappa shape index (κ3) is 3.72. The van der Waals surface area contributed by atoms with E-state index in [4.69, 9.17) is 4.74 Å². The van der Waals surface area contributed by atoms with E-state index in [-0.39, 0.29) is 12.0 Å². The summed E-state index contributed by atoms with van der Waals surface area (Å²) in [5, 5.41) is 0. The van der Waals surface area contributed by atoms with Gasteiger partial charge in [-0.05, 0) is 17.2 Å². The fourth-order valence-electron chi connectivity index (χ4n) is 3.12. The molecule has 2 aromatic rings. The third-order valence-electron chi connectivity index (χ3n) is 4.34. The number of anilines is 1. The molecule has 0 aromatic heterocycles. The van der Waals surface area contributed by atoms with E-state index in [0.29, 0.717) is 17.3 Å². The lowest BCUT2D eigenvalue weighted by molar-refractivity contribution is -0.143. The second kappa shape index (κ2) is 7.26. The lowest BCUT2D eigenvalue weighted by Crippen LogP contribution is -2.43. The van der Waals surface area contributed by atoms with Crippen molar-refractivity contribution in [3.8, 4) is 0 Å². The van der Waals surface area contributed by atoms with Gasteiger partial charge < -0.3 is 4.74 Å². The van der Waals surface area contributed by atoms with E-state index in [1.165, 1.54) is 31.4 Å². The van der Waals surface area contributed by atoms with Gasteiger partial charge in [0.1, 0.15) is 6.04 Å². The van der Waals surface area contributed by atoms with E-state index in [9.17, 15) is 22.8 Å². The second-order valence-corrected chi connectivity index (χ2v) is 6.00. The highest BCUT2D eigenvalue weighted by atomic mass is 19.4. The van der Waals surface area contributed by atoms with Crippen LogP contribution in [-0.2, 0) is 20.7 Å². The van der Waals surface area contributed by atoms with Crippen LogP contribution < -0.4 is 4.90 Å². The number of amides is 1. The summed E-state index contributed by atoms with van der Waals surface area (Å²) in [6.07, 6.45) is -4.00. The van der Waals surface area contributed by atoms with Crippen molar-refractivity contribution in [2.75, 3.05) is 12.0 Å². The first-order chi connectivity index (χ1) is 12.8. The monoisotopic (exact) mass is 375 g/mol. The van der Waals surface area contributed by atoms with Gasteiger partial charge in [-0.2, -0.15) is 13.2 Å². The molecule has 0 spiro atoms. The Kier molecular flexibility index (Phi) is 5.03. The first kappa shape index (κ1) is 18.7. The topological polar surface area (TPSA) is 46.6 Å². The van der Waals surface area contributed by atoms with E-state index in [1.807, 2.05) is 0 Å². The van der Waals surface area contributed by atoms with Crippen molar-refractivity contribution in [3.63, 3.8) is 0 Å². The summed E-state index contributed by atoms with van der Waals surface area (Å²) < 4.78 is 45.3. The molecule has 0 saturated carbocycles. The summed E-state index contributed by atoms with van der Waals surface area (Å²) in [5.74, 6) is -1.60. The minimum Gasteiger partial charge on any atom is -0.467 e. The Morgan fingerprint density at radius 3 is 2.33 bits per heavy atom. The first-order valence-corrected chi connectivity index (χ1v) is 8.16. The highest BCUT2D eigenvalue weighted by Crippen LogP contribution is 2.36. The zero-order valence-electron chi connectivity index (χ0n) is 14.4. The SMILES string of the molecule is COC(=O)C1Cc2ccccc2N1C(=O)/C=C(/c1ccccc1)C(F)(F)F. The van der Waals surface area contributed by atoms with Gasteiger partial charge >= 0.3 is 12.1 Å². The van der Waals surface area contributed by atoms with Crippen LogP contribution in [0.4, 0.5) is 18.9 Å². The van der Waals surface area contributed by atoms with Crippen LogP contribution in [0.1, 0.15) is 11.1 Å². The summed E-state index contributed by atoms with van der Waals surface area (Å²) >= 11 is 0. The minimum absolute atomic E-state index is 0.125. The van der Waals surface area contributed by atoms with Gasteiger partial charge in [0.05, 0.1) is 12.7 Å². The number of esters is 1. The van der Waals surface area contributed by atoms with Gasteiger partial charge in [0.2, 0.25) is 0 Å². The third-order valence-corrected chi connectivity index (χ3v) is 4.34. The number of methoxy groups -OCH3 is 1. The van der Waals surface area contributed by atoms with Gasteiger partial charge in [-0.1, -0.05) is 48.5 Å². The van der Waals surface area contributed by atoms with Crippen LogP contribution in [0, 0.1) is 0 Å². The number of allylic oxidation sites excluding steroid dienone is 1. The standard InChI is InChI=1S/C20H16F3NO3/c1-27-19(26)17-11-14-9-5-6-10-16(14)24(17)18(25)12-15(20(21,22)23)13-7-3-2-4-8-13/h2-10,12,17H,11H2,1H3/b15-12-. The fourth-order valence-corrected chi connectivity index (χ4v) is 3.12. The van der Waals surface area contributed by atoms with Crippen molar-refractivity contribution in [2.24, 2.45) is 0 Å².